The average Bonchev–Trinajstić information content (AvgIpc) is 2.62. The minimum Gasteiger partial charge on any atom is -0.466 e. The molecule has 92 valence electrons. The first-order valence-electron chi connectivity index (χ1n) is 5.77. The van der Waals surface area contributed by atoms with E-state index in [2.05, 4.69) is 10.2 Å². The molecule has 0 aromatic heterocycles. The van der Waals surface area contributed by atoms with Gasteiger partial charge in [0.2, 0.25) is 5.91 Å². The van der Waals surface area contributed by atoms with Gasteiger partial charge in [-0.05, 0) is 13.3 Å². The molecule has 1 aliphatic heterocycles. The molecule has 0 aliphatic carbocycles. The minimum atomic E-state index is -0.148. The smallest absolute Gasteiger partial charge is 0.307 e. The second-order valence-corrected chi connectivity index (χ2v) is 4.04. The Bertz CT molecular complexity index is 256. The highest BCUT2D eigenvalue weighted by molar-refractivity contribution is 5.73. The van der Waals surface area contributed by atoms with Gasteiger partial charge < -0.3 is 15.0 Å². The van der Waals surface area contributed by atoms with Crippen LogP contribution >= 0.6 is 0 Å². The molecule has 5 nitrogen and oxygen atoms in total. The van der Waals surface area contributed by atoms with Gasteiger partial charge in [-0.2, -0.15) is 0 Å². The molecular weight excluding hydrogens is 208 g/mol. The van der Waals surface area contributed by atoms with E-state index in [1.807, 2.05) is 0 Å². The highest BCUT2D eigenvalue weighted by Crippen LogP contribution is 2.09. The van der Waals surface area contributed by atoms with Crippen molar-refractivity contribution in [2.75, 3.05) is 26.2 Å². The second-order valence-electron chi connectivity index (χ2n) is 4.04. The average molecular weight is 228 g/mol. The normalized spacial score (nSPS) is 20.8. The molecule has 0 aromatic carbocycles. The SMILES string of the molecule is CCOC(=O)CCN1CCC(NC(C)=O)C1. The largest absolute Gasteiger partial charge is 0.466 e. The van der Waals surface area contributed by atoms with E-state index in [9.17, 15) is 9.59 Å². The van der Waals surface area contributed by atoms with E-state index >= 15 is 0 Å². The number of carbonyl (C=O) groups excluding carboxylic acids is 2. The predicted octanol–water partition coefficient (Wildman–Crippen LogP) is 0.150. The molecule has 1 aliphatic rings. The first-order valence-corrected chi connectivity index (χ1v) is 5.77. The molecule has 1 N–H and O–H groups in total. The third-order valence-electron chi connectivity index (χ3n) is 2.62. The van der Waals surface area contributed by atoms with Crippen LogP contribution in [0.4, 0.5) is 0 Å². The van der Waals surface area contributed by atoms with Crippen molar-refractivity contribution in [1.82, 2.24) is 10.2 Å². The molecule has 1 fully saturated rings. The van der Waals surface area contributed by atoms with Crippen molar-refractivity contribution in [1.29, 1.82) is 0 Å². The zero-order valence-corrected chi connectivity index (χ0v) is 9.99. The number of hydrogen-bond acceptors (Lipinski definition) is 4. The third-order valence-corrected chi connectivity index (χ3v) is 2.62. The van der Waals surface area contributed by atoms with Crippen LogP contribution in [0.1, 0.15) is 26.7 Å². The van der Waals surface area contributed by atoms with E-state index in [-0.39, 0.29) is 17.9 Å². The van der Waals surface area contributed by atoms with Crippen molar-refractivity contribution in [2.45, 2.75) is 32.7 Å². The number of ether oxygens (including phenoxy) is 1. The highest BCUT2D eigenvalue weighted by atomic mass is 16.5. The van der Waals surface area contributed by atoms with Crippen molar-refractivity contribution in [3.05, 3.63) is 0 Å². The standard InChI is InChI=1S/C11H20N2O3/c1-3-16-11(15)5-7-13-6-4-10(8-13)12-9(2)14/h10H,3-8H2,1-2H3,(H,12,14). The Kier molecular flexibility index (Phi) is 5.25. The summed E-state index contributed by atoms with van der Waals surface area (Å²) < 4.78 is 4.86. The summed E-state index contributed by atoms with van der Waals surface area (Å²) in [5.74, 6) is -0.136. The van der Waals surface area contributed by atoms with Crippen LogP contribution in [-0.4, -0.2) is 49.1 Å². The number of hydrogen-bond donors (Lipinski definition) is 1. The zero-order valence-electron chi connectivity index (χ0n) is 9.99. The van der Waals surface area contributed by atoms with Gasteiger partial charge >= 0.3 is 5.97 Å². The molecule has 0 radical (unpaired) electrons. The van der Waals surface area contributed by atoms with Gasteiger partial charge in [-0.1, -0.05) is 0 Å². The quantitative estimate of drug-likeness (QED) is 0.680. The maximum atomic E-state index is 11.1. The number of carbonyl (C=O) groups is 2. The summed E-state index contributed by atoms with van der Waals surface area (Å²) in [5, 5.41) is 2.89. The van der Waals surface area contributed by atoms with Crippen molar-refractivity contribution < 1.29 is 14.3 Å². The van der Waals surface area contributed by atoms with Crippen LogP contribution in [0.5, 0.6) is 0 Å². The van der Waals surface area contributed by atoms with Gasteiger partial charge in [0.15, 0.2) is 0 Å². The maximum absolute atomic E-state index is 11.1. The van der Waals surface area contributed by atoms with Crippen molar-refractivity contribution >= 4 is 11.9 Å². The highest BCUT2D eigenvalue weighted by Gasteiger charge is 2.23. The predicted molar refractivity (Wildman–Crippen MR) is 59.9 cm³/mol. The summed E-state index contributed by atoms with van der Waals surface area (Å²) in [6.45, 7) is 6.26. The third kappa shape index (κ3) is 4.61. The fourth-order valence-electron chi connectivity index (χ4n) is 1.92. The van der Waals surface area contributed by atoms with Gasteiger partial charge in [-0.3, -0.25) is 9.59 Å². The molecule has 1 atom stereocenters. The van der Waals surface area contributed by atoms with Crippen LogP contribution < -0.4 is 5.32 Å². The monoisotopic (exact) mass is 228 g/mol. The molecule has 5 heteroatoms. The second kappa shape index (κ2) is 6.48. The van der Waals surface area contributed by atoms with Crippen LogP contribution in [0.15, 0.2) is 0 Å². The van der Waals surface area contributed by atoms with Crippen molar-refractivity contribution in [3.8, 4) is 0 Å². The maximum Gasteiger partial charge on any atom is 0.307 e. The summed E-state index contributed by atoms with van der Waals surface area (Å²) in [6.07, 6.45) is 1.39. The summed E-state index contributed by atoms with van der Waals surface area (Å²) in [4.78, 5) is 24.2. The fraction of sp³-hybridized carbons (Fsp3) is 0.818. The molecule has 1 heterocycles. The van der Waals surface area contributed by atoms with Gasteiger partial charge in [0.1, 0.15) is 0 Å². The lowest BCUT2D eigenvalue weighted by atomic mass is 10.2. The fourth-order valence-corrected chi connectivity index (χ4v) is 1.92. The molecule has 0 bridgehead atoms. The number of nitrogens with one attached hydrogen (secondary N) is 1. The van der Waals surface area contributed by atoms with Crippen molar-refractivity contribution in [2.24, 2.45) is 0 Å². The van der Waals surface area contributed by atoms with Gasteiger partial charge in [0.05, 0.1) is 13.0 Å². The molecule has 1 saturated heterocycles. The Labute approximate surface area is 96.1 Å². The minimum absolute atomic E-state index is 0.0113. The summed E-state index contributed by atoms with van der Waals surface area (Å²) in [6, 6.07) is 0.236. The number of nitrogens with zero attached hydrogens (tertiary/aromatic N) is 1. The molecule has 16 heavy (non-hydrogen) atoms. The van der Waals surface area contributed by atoms with E-state index < -0.39 is 0 Å². The zero-order chi connectivity index (χ0) is 12.0. The van der Waals surface area contributed by atoms with E-state index in [0.29, 0.717) is 13.0 Å². The molecule has 1 amide bonds. The summed E-state index contributed by atoms with van der Waals surface area (Å²) >= 11 is 0. The lowest BCUT2D eigenvalue weighted by Gasteiger charge is -2.15. The number of rotatable bonds is 5. The Balaban J connectivity index is 2.16. The van der Waals surface area contributed by atoms with Crippen molar-refractivity contribution in [3.63, 3.8) is 0 Å². The molecule has 1 rings (SSSR count). The van der Waals surface area contributed by atoms with Gasteiger partial charge in [0, 0.05) is 32.6 Å². The summed E-state index contributed by atoms with van der Waals surface area (Å²) in [7, 11) is 0. The number of likely N-dealkylation sites (tertiary alicyclic amines) is 1. The lowest BCUT2D eigenvalue weighted by molar-refractivity contribution is -0.143. The topological polar surface area (TPSA) is 58.6 Å². The first kappa shape index (κ1) is 13.0. The van der Waals surface area contributed by atoms with E-state index in [0.717, 1.165) is 26.1 Å². The Morgan fingerprint density at radius 1 is 1.50 bits per heavy atom. The molecule has 0 saturated carbocycles. The molecule has 1 unspecified atom stereocenters. The van der Waals surface area contributed by atoms with E-state index in [1.54, 1.807) is 6.92 Å². The van der Waals surface area contributed by atoms with Crippen LogP contribution in [0, 0.1) is 0 Å². The number of amides is 1. The number of esters is 1. The van der Waals surface area contributed by atoms with E-state index in [4.69, 9.17) is 4.74 Å². The Morgan fingerprint density at radius 3 is 2.88 bits per heavy atom. The summed E-state index contributed by atoms with van der Waals surface area (Å²) in [5.41, 5.74) is 0. The van der Waals surface area contributed by atoms with Gasteiger partial charge in [0.25, 0.3) is 0 Å². The Hall–Kier alpha value is -1.10. The molecule has 0 spiro atoms. The van der Waals surface area contributed by atoms with E-state index in [1.165, 1.54) is 6.92 Å². The van der Waals surface area contributed by atoms with Crippen LogP contribution in [0.2, 0.25) is 0 Å². The first-order chi connectivity index (χ1) is 7.61. The Morgan fingerprint density at radius 2 is 2.25 bits per heavy atom. The molecule has 0 aromatic rings. The van der Waals surface area contributed by atoms with Gasteiger partial charge in [-0.25, -0.2) is 0 Å². The van der Waals surface area contributed by atoms with Crippen LogP contribution in [0.25, 0.3) is 0 Å². The lowest BCUT2D eigenvalue weighted by Crippen LogP contribution is -2.36. The van der Waals surface area contributed by atoms with Crippen LogP contribution in [0.3, 0.4) is 0 Å². The van der Waals surface area contributed by atoms with Crippen LogP contribution in [-0.2, 0) is 14.3 Å². The van der Waals surface area contributed by atoms with Gasteiger partial charge in [-0.15, -0.1) is 0 Å². The molecular formula is C11H20N2O3.